The Morgan fingerprint density at radius 3 is 2.82 bits per heavy atom. The fourth-order valence-corrected chi connectivity index (χ4v) is 1.90. The van der Waals surface area contributed by atoms with Crippen molar-refractivity contribution in [1.82, 2.24) is 14.5 Å². The largest absolute Gasteiger partial charge is 0.409 e. The predicted octanol–water partition coefficient (Wildman–Crippen LogP) is 0.445. The summed E-state index contributed by atoms with van der Waals surface area (Å²) < 4.78 is 3.73. The monoisotopic (exact) mass is 257 g/mol. The highest BCUT2D eigenvalue weighted by Crippen LogP contribution is 2.12. The van der Waals surface area contributed by atoms with E-state index in [4.69, 9.17) is 10.9 Å². The Morgan fingerprint density at radius 2 is 2.35 bits per heavy atom. The molecule has 8 heteroatoms. The van der Waals surface area contributed by atoms with Gasteiger partial charge < -0.3 is 15.8 Å². The zero-order valence-corrected chi connectivity index (χ0v) is 10.6. The Kier molecular flexibility index (Phi) is 4.83. The first-order valence-electron chi connectivity index (χ1n) is 5.14. The molecule has 0 unspecified atom stereocenters. The molecular weight excluding hydrogens is 242 g/mol. The van der Waals surface area contributed by atoms with Crippen LogP contribution in [-0.4, -0.2) is 44.5 Å². The molecule has 0 saturated heterocycles. The van der Waals surface area contributed by atoms with Crippen molar-refractivity contribution in [3.8, 4) is 0 Å². The molecular formula is C9H15N5O2S. The molecule has 0 aliphatic rings. The molecule has 3 N–H and O–H groups in total. The van der Waals surface area contributed by atoms with E-state index in [0.29, 0.717) is 30.1 Å². The Bertz CT molecular complexity index is 417. The van der Waals surface area contributed by atoms with Gasteiger partial charge in [0.05, 0.1) is 5.69 Å². The van der Waals surface area contributed by atoms with Gasteiger partial charge in [0.25, 0.3) is 5.91 Å². The summed E-state index contributed by atoms with van der Waals surface area (Å²) in [6.45, 7) is 4.57. The van der Waals surface area contributed by atoms with Crippen LogP contribution < -0.4 is 5.73 Å². The summed E-state index contributed by atoms with van der Waals surface area (Å²) in [5.74, 6) is -0.0128. The Morgan fingerprint density at radius 1 is 1.65 bits per heavy atom. The van der Waals surface area contributed by atoms with Crippen LogP contribution in [0, 0.1) is 6.92 Å². The van der Waals surface area contributed by atoms with Crippen molar-refractivity contribution in [3.05, 3.63) is 10.6 Å². The summed E-state index contributed by atoms with van der Waals surface area (Å²) in [6, 6.07) is 0. The lowest BCUT2D eigenvalue weighted by molar-refractivity contribution is 0.0772. The standard InChI is InChI=1S/C9H15N5O2S/c1-3-14(5-4-7(10)12-16)9(15)8-6(2)11-13-17-8/h16H,3-5H2,1-2H3,(H2,10,12). The van der Waals surface area contributed by atoms with E-state index in [0.717, 1.165) is 11.5 Å². The van der Waals surface area contributed by atoms with Crippen LogP contribution in [0.4, 0.5) is 0 Å². The van der Waals surface area contributed by atoms with Gasteiger partial charge in [-0.1, -0.05) is 9.64 Å². The van der Waals surface area contributed by atoms with Crippen molar-refractivity contribution >= 4 is 23.3 Å². The van der Waals surface area contributed by atoms with E-state index in [1.165, 1.54) is 0 Å². The van der Waals surface area contributed by atoms with Gasteiger partial charge in [0.15, 0.2) is 0 Å². The molecule has 1 heterocycles. The number of oxime groups is 1. The van der Waals surface area contributed by atoms with E-state index in [9.17, 15) is 4.79 Å². The summed E-state index contributed by atoms with van der Waals surface area (Å²) in [5, 5.41) is 15.1. The van der Waals surface area contributed by atoms with E-state index in [2.05, 4.69) is 14.7 Å². The molecule has 0 saturated carbocycles. The SMILES string of the molecule is CCN(CCC(N)=NO)C(=O)c1snnc1C. The van der Waals surface area contributed by atoms with Gasteiger partial charge in [-0.05, 0) is 25.4 Å². The van der Waals surface area contributed by atoms with Crippen molar-refractivity contribution in [1.29, 1.82) is 0 Å². The van der Waals surface area contributed by atoms with Gasteiger partial charge in [-0.3, -0.25) is 4.79 Å². The third-order valence-corrected chi connectivity index (χ3v) is 3.10. The van der Waals surface area contributed by atoms with Crippen LogP contribution in [0.2, 0.25) is 0 Å². The number of nitrogens with zero attached hydrogens (tertiary/aromatic N) is 4. The van der Waals surface area contributed by atoms with Crippen molar-refractivity contribution in [2.45, 2.75) is 20.3 Å². The number of aryl methyl sites for hydroxylation is 1. The van der Waals surface area contributed by atoms with Crippen molar-refractivity contribution in [2.75, 3.05) is 13.1 Å². The third-order valence-electron chi connectivity index (χ3n) is 2.28. The average Bonchev–Trinajstić information content (AvgIpc) is 2.75. The molecule has 1 amide bonds. The van der Waals surface area contributed by atoms with Crippen LogP contribution >= 0.6 is 11.5 Å². The second-order valence-electron chi connectivity index (χ2n) is 3.41. The smallest absolute Gasteiger partial charge is 0.267 e. The molecule has 1 aromatic heterocycles. The first kappa shape index (κ1) is 13.4. The van der Waals surface area contributed by atoms with Crippen LogP contribution in [0.25, 0.3) is 0 Å². The molecule has 1 rings (SSSR count). The number of carbonyl (C=O) groups excluding carboxylic acids is 1. The van der Waals surface area contributed by atoms with Crippen LogP contribution in [0.5, 0.6) is 0 Å². The minimum Gasteiger partial charge on any atom is -0.409 e. The van der Waals surface area contributed by atoms with E-state index in [-0.39, 0.29) is 11.7 Å². The molecule has 0 atom stereocenters. The predicted molar refractivity (Wildman–Crippen MR) is 64.2 cm³/mol. The number of amidine groups is 1. The maximum Gasteiger partial charge on any atom is 0.267 e. The van der Waals surface area contributed by atoms with Crippen LogP contribution in [0.3, 0.4) is 0 Å². The Balaban J connectivity index is 2.68. The van der Waals surface area contributed by atoms with E-state index in [1.807, 2.05) is 6.92 Å². The van der Waals surface area contributed by atoms with Crippen LogP contribution in [0.1, 0.15) is 28.7 Å². The fraction of sp³-hybridized carbons (Fsp3) is 0.556. The minimum absolute atomic E-state index is 0.107. The van der Waals surface area contributed by atoms with Crippen molar-refractivity contribution in [3.63, 3.8) is 0 Å². The lowest BCUT2D eigenvalue weighted by Crippen LogP contribution is -2.33. The maximum atomic E-state index is 12.1. The van der Waals surface area contributed by atoms with Gasteiger partial charge in [-0.2, -0.15) is 0 Å². The first-order valence-corrected chi connectivity index (χ1v) is 5.92. The number of amides is 1. The Hall–Kier alpha value is -1.70. The lowest BCUT2D eigenvalue weighted by Gasteiger charge is -2.19. The van der Waals surface area contributed by atoms with Crippen LogP contribution in [0.15, 0.2) is 5.16 Å². The van der Waals surface area contributed by atoms with Gasteiger partial charge in [-0.25, -0.2) is 0 Å². The summed E-state index contributed by atoms with van der Waals surface area (Å²) in [7, 11) is 0. The molecule has 7 nitrogen and oxygen atoms in total. The molecule has 0 radical (unpaired) electrons. The van der Waals surface area contributed by atoms with Gasteiger partial charge in [0, 0.05) is 19.5 Å². The molecule has 94 valence electrons. The number of hydrogen-bond acceptors (Lipinski definition) is 6. The highest BCUT2D eigenvalue weighted by atomic mass is 32.1. The number of nitrogens with two attached hydrogens (primary N) is 1. The molecule has 0 aliphatic carbocycles. The van der Waals surface area contributed by atoms with Crippen molar-refractivity contribution < 1.29 is 10.0 Å². The number of hydrogen-bond donors (Lipinski definition) is 2. The number of rotatable bonds is 5. The molecule has 0 aliphatic heterocycles. The minimum atomic E-state index is -0.120. The molecule has 0 aromatic carbocycles. The zero-order chi connectivity index (χ0) is 12.8. The number of aromatic nitrogens is 2. The second-order valence-corrected chi connectivity index (χ2v) is 4.17. The molecule has 1 aromatic rings. The molecule has 17 heavy (non-hydrogen) atoms. The summed E-state index contributed by atoms with van der Waals surface area (Å²) in [4.78, 5) is 14.2. The lowest BCUT2D eigenvalue weighted by atomic mass is 10.3. The summed E-state index contributed by atoms with van der Waals surface area (Å²) in [5.41, 5.74) is 5.99. The summed E-state index contributed by atoms with van der Waals surface area (Å²) >= 11 is 1.08. The third kappa shape index (κ3) is 3.38. The maximum absolute atomic E-state index is 12.1. The van der Waals surface area contributed by atoms with E-state index in [1.54, 1.807) is 11.8 Å². The van der Waals surface area contributed by atoms with Gasteiger partial charge in [0.2, 0.25) is 0 Å². The zero-order valence-electron chi connectivity index (χ0n) is 9.75. The number of carbonyl (C=O) groups is 1. The highest BCUT2D eigenvalue weighted by molar-refractivity contribution is 7.07. The van der Waals surface area contributed by atoms with Crippen LogP contribution in [-0.2, 0) is 0 Å². The molecule has 0 fully saturated rings. The van der Waals surface area contributed by atoms with Gasteiger partial charge in [0.1, 0.15) is 10.7 Å². The average molecular weight is 257 g/mol. The van der Waals surface area contributed by atoms with E-state index >= 15 is 0 Å². The molecule has 0 bridgehead atoms. The Labute approximate surface area is 103 Å². The highest BCUT2D eigenvalue weighted by Gasteiger charge is 2.19. The van der Waals surface area contributed by atoms with Crippen molar-refractivity contribution in [2.24, 2.45) is 10.9 Å². The molecule has 0 spiro atoms. The summed E-state index contributed by atoms with van der Waals surface area (Å²) in [6.07, 6.45) is 0.335. The second kappa shape index (κ2) is 6.14. The first-order chi connectivity index (χ1) is 8.10. The van der Waals surface area contributed by atoms with E-state index < -0.39 is 0 Å². The fourth-order valence-electron chi connectivity index (χ4n) is 1.27. The normalized spacial score (nSPS) is 11.5. The van der Waals surface area contributed by atoms with Gasteiger partial charge in [-0.15, -0.1) is 5.10 Å². The van der Waals surface area contributed by atoms with Gasteiger partial charge >= 0.3 is 0 Å². The topological polar surface area (TPSA) is 105 Å². The quantitative estimate of drug-likeness (QED) is 0.345.